The van der Waals surface area contributed by atoms with Gasteiger partial charge in [-0.2, -0.15) is 0 Å². The molecule has 0 radical (unpaired) electrons. The number of nitro benzene ring substituents is 1. The maximum Gasteiger partial charge on any atom is 0.270 e. The molecule has 0 saturated heterocycles. The van der Waals surface area contributed by atoms with Crippen molar-refractivity contribution in [3.63, 3.8) is 0 Å². The Bertz CT molecular complexity index is 1210. The van der Waals surface area contributed by atoms with E-state index in [0.717, 1.165) is 22.5 Å². The number of non-ortho nitro benzene ring substituents is 1. The topological polar surface area (TPSA) is 61.0 Å². The lowest BCUT2D eigenvalue weighted by Crippen LogP contribution is -2.02. The van der Waals surface area contributed by atoms with E-state index in [0.29, 0.717) is 17.9 Å². The van der Waals surface area contributed by atoms with Crippen LogP contribution in [-0.2, 0) is 6.54 Å². The minimum Gasteiger partial charge on any atom is -0.312 e. The number of terminal acetylenes is 1. The molecule has 0 aliphatic heterocycles. The van der Waals surface area contributed by atoms with Crippen LogP contribution in [0.2, 0.25) is 0 Å². The number of hydrogen-bond acceptors (Lipinski definition) is 3. The third-order valence-corrected chi connectivity index (χ3v) is 4.63. The molecule has 29 heavy (non-hydrogen) atoms. The second kappa shape index (κ2) is 7.83. The van der Waals surface area contributed by atoms with Crippen molar-refractivity contribution in [3.8, 4) is 46.2 Å². The van der Waals surface area contributed by atoms with Crippen molar-refractivity contribution in [2.24, 2.45) is 0 Å². The van der Waals surface area contributed by atoms with Crippen molar-refractivity contribution in [1.29, 1.82) is 0 Å². The maximum absolute atomic E-state index is 11.3. The summed E-state index contributed by atoms with van der Waals surface area (Å²) in [5, 5.41) is 11.3. The van der Waals surface area contributed by atoms with Gasteiger partial charge in [0.1, 0.15) is 5.82 Å². The van der Waals surface area contributed by atoms with E-state index in [-0.39, 0.29) is 5.69 Å². The smallest absolute Gasteiger partial charge is 0.270 e. The van der Waals surface area contributed by atoms with Gasteiger partial charge in [-0.1, -0.05) is 78.7 Å². The average molecular weight is 379 g/mol. The lowest BCUT2D eigenvalue weighted by molar-refractivity contribution is -0.384. The molecule has 0 unspecified atom stereocenters. The highest BCUT2D eigenvalue weighted by Crippen LogP contribution is 2.36. The molecule has 1 aromatic heterocycles. The minimum atomic E-state index is -0.409. The van der Waals surface area contributed by atoms with E-state index in [2.05, 4.69) is 5.92 Å². The number of benzene rings is 3. The molecule has 0 atom stereocenters. The molecule has 0 saturated carbocycles. The predicted octanol–water partition coefficient (Wildman–Crippen LogP) is 5.43. The molecule has 0 fully saturated rings. The zero-order chi connectivity index (χ0) is 20.2. The molecule has 0 bridgehead atoms. The fourth-order valence-corrected chi connectivity index (χ4v) is 3.36. The van der Waals surface area contributed by atoms with Crippen molar-refractivity contribution in [2.75, 3.05) is 0 Å². The fraction of sp³-hybridized carbons (Fsp3) is 0.0417. The third kappa shape index (κ3) is 3.52. The molecule has 140 valence electrons. The van der Waals surface area contributed by atoms with E-state index in [9.17, 15) is 10.1 Å². The first-order chi connectivity index (χ1) is 14.2. The number of nitro groups is 1. The van der Waals surface area contributed by atoms with Crippen molar-refractivity contribution in [3.05, 3.63) is 95.0 Å². The summed E-state index contributed by atoms with van der Waals surface area (Å²) in [5.41, 5.74) is 4.26. The molecule has 5 heteroatoms. The van der Waals surface area contributed by atoms with Crippen LogP contribution in [0, 0.1) is 22.5 Å². The molecule has 0 aliphatic rings. The predicted molar refractivity (Wildman–Crippen MR) is 114 cm³/mol. The Morgan fingerprint density at radius 1 is 0.897 bits per heavy atom. The van der Waals surface area contributed by atoms with Gasteiger partial charge < -0.3 is 4.57 Å². The summed E-state index contributed by atoms with van der Waals surface area (Å²) < 4.78 is 1.94. The number of hydrogen-bond donors (Lipinski definition) is 0. The molecule has 0 amide bonds. The zero-order valence-corrected chi connectivity index (χ0v) is 15.5. The standard InChI is InChI=1S/C24H17N3O2/c1-2-16-26-23(19-12-7-4-8-13-19)22(18-10-5-3-6-11-18)25-24(26)20-14-9-15-21(17-20)27(28)29/h1,3-15,17H,16H2. The van der Waals surface area contributed by atoms with Crippen LogP contribution in [0.3, 0.4) is 0 Å². The zero-order valence-electron chi connectivity index (χ0n) is 15.5. The first-order valence-corrected chi connectivity index (χ1v) is 9.08. The normalized spacial score (nSPS) is 10.4. The minimum absolute atomic E-state index is 0.0141. The van der Waals surface area contributed by atoms with Crippen LogP contribution in [0.15, 0.2) is 84.9 Å². The Balaban J connectivity index is 2.02. The van der Waals surface area contributed by atoms with Gasteiger partial charge in [0, 0.05) is 28.8 Å². The van der Waals surface area contributed by atoms with Crippen LogP contribution >= 0.6 is 0 Å². The summed E-state index contributed by atoms with van der Waals surface area (Å²) >= 11 is 0. The number of rotatable bonds is 5. The second-order valence-electron chi connectivity index (χ2n) is 6.46. The van der Waals surface area contributed by atoms with Gasteiger partial charge in [-0.05, 0) is 0 Å². The van der Waals surface area contributed by atoms with Crippen LogP contribution < -0.4 is 0 Å². The Kier molecular flexibility index (Phi) is 4.91. The largest absolute Gasteiger partial charge is 0.312 e. The molecule has 5 nitrogen and oxygen atoms in total. The molecule has 0 aliphatic carbocycles. The fourth-order valence-electron chi connectivity index (χ4n) is 3.36. The monoisotopic (exact) mass is 379 g/mol. The Morgan fingerprint density at radius 3 is 2.14 bits per heavy atom. The first-order valence-electron chi connectivity index (χ1n) is 9.08. The molecule has 0 spiro atoms. The van der Waals surface area contributed by atoms with Gasteiger partial charge in [-0.3, -0.25) is 10.1 Å². The lowest BCUT2D eigenvalue weighted by atomic mass is 10.0. The van der Waals surface area contributed by atoms with Crippen molar-refractivity contribution in [2.45, 2.75) is 6.54 Å². The molecule has 1 heterocycles. The number of aromatic nitrogens is 2. The van der Waals surface area contributed by atoms with Crippen LogP contribution in [0.25, 0.3) is 33.9 Å². The van der Waals surface area contributed by atoms with Gasteiger partial charge in [0.15, 0.2) is 0 Å². The molecule has 3 aromatic carbocycles. The van der Waals surface area contributed by atoms with Crippen LogP contribution in [0.1, 0.15) is 0 Å². The van der Waals surface area contributed by atoms with Gasteiger partial charge in [-0.25, -0.2) is 4.98 Å². The summed E-state index contributed by atoms with van der Waals surface area (Å²) in [4.78, 5) is 15.7. The molecular weight excluding hydrogens is 362 g/mol. The Labute approximate surface area is 168 Å². The highest BCUT2D eigenvalue weighted by molar-refractivity contribution is 5.82. The van der Waals surface area contributed by atoms with E-state index in [4.69, 9.17) is 11.4 Å². The quantitative estimate of drug-likeness (QED) is 0.264. The van der Waals surface area contributed by atoms with Gasteiger partial charge in [0.2, 0.25) is 0 Å². The number of nitrogens with zero attached hydrogens (tertiary/aromatic N) is 3. The highest BCUT2D eigenvalue weighted by Gasteiger charge is 2.21. The second-order valence-corrected chi connectivity index (χ2v) is 6.46. The van der Waals surface area contributed by atoms with Crippen molar-refractivity contribution >= 4 is 5.69 Å². The molecule has 4 rings (SSSR count). The third-order valence-electron chi connectivity index (χ3n) is 4.63. The van der Waals surface area contributed by atoms with Crippen LogP contribution in [0.4, 0.5) is 5.69 Å². The SMILES string of the molecule is C#CCn1c(-c2cccc([N+](=O)[O-])c2)nc(-c2ccccc2)c1-c1ccccc1. The first kappa shape index (κ1) is 18.2. The van der Waals surface area contributed by atoms with Crippen molar-refractivity contribution < 1.29 is 4.92 Å². The van der Waals surface area contributed by atoms with Gasteiger partial charge in [0.05, 0.1) is 22.9 Å². The summed E-state index contributed by atoms with van der Waals surface area (Å²) in [6.45, 7) is 0.294. The van der Waals surface area contributed by atoms with E-state index in [1.807, 2.05) is 71.3 Å². The average Bonchev–Trinajstić information content (AvgIpc) is 3.14. The van der Waals surface area contributed by atoms with E-state index >= 15 is 0 Å². The highest BCUT2D eigenvalue weighted by atomic mass is 16.6. The van der Waals surface area contributed by atoms with Gasteiger partial charge in [0.25, 0.3) is 5.69 Å². The van der Waals surface area contributed by atoms with E-state index in [1.54, 1.807) is 6.07 Å². The van der Waals surface area contributed by atoms with Crippen LogP contribution in [-0.4, -0.2) is 14.5 Å². The summed E-state index contributed by atoms with van der Waals surface area (Å²) in [7, 11) is 0. The molecule has 0 N–H and O–H groups in total. The van der Waals surface area contributed by atoms with E-state index in [1.165, 1.54) is 12.1 Å². The Hall–Kier alpha value is -4.17. The molecular formula is C24H17N3O2. The number of imidazole rings is 1. The summed E-state index contributed by atoms with van der Waals surface area (Å²) in [5.74, 6) is 3.30. The van der Waals surface area contributed by atoms with Gasteiger partial charge >= 0.3 is 0 Å². The molecule has 4 aromatic rings. The van der Waals surface area contributed by atoms with Gasteiger partial charge in [-0.15, -0.1) is 6.42 Å². The summed E-state index contributed by atoms with van der Waals surface area (Å²) in [6, 6.07) is 26.2. The Morgan fingerprint density at radius 2 is 1.52 bits per heavy atom. The van der Waals surface area contributed by atoms with Crippen molar-refractivity contribution in [1.82, 2.24) is 9.55 Å². The lowest BCUT2D eigenvalue weighted by Gasteiger charge is -2.10. The summed E-state index contributed by atoms with van der Waals surface area (Å²) in [6.07, 6.45) is 5.67. The van der Waals surface area contributed by atoms with Crippen LogP contribution in [0.5, 0.6) is 0 Å². The van der Waals surface area contributed by atoms with E-state index < -0.39 is 4.92 Å². The maximum atomic E-state index is 11.3.